The second-order valence-electron chi connectivity index (χ2n) is 11.5. The molecule has 238 valence electrons. The van der Waals surface area contributed by atoms with Crippen molar-refractivity contribution >= 4 is 41.0 Å². The zero-order valence-electron chi connectivity index (χ0n) is 25.0. The minimum Gasteiger partial charge on any atom is -0.463 e. The Kier molecular flexibility index (Phi) is 10.1. The molecule has 3 fully saturated rings. The molecule has 3 aliphatic rings. The number of allylic oxidation sites excluding steroid dienone is 1. The fourth-order valence-electron chi connectivity index (χ4n) is 6.98. The maximum atomic E-state index is 14.4. The number of rotatable bonds is 14. The highest BCUT2D eigenvalue weighted by atomic mass is 35.5. The molecule has 2 N–H and O–H groups in total. The molecule has 2 bridgehead atoms. The summed E-state index contributed by atoms with van der Waals surface area (Å²) in [4.78, 5) is 57.7. The lowest BCUT2D eigenvalue weighted by Crippen LogP contribution is -2.57. The number of amides is 3. The van der Waals surface area contributed by atoms with E-state index in [1.165, 1.54) is 9.80 Å². The molecule has 3 amide bonds. The Morgan fingerprint density at radius 2 is 1.89 bits per heavy atom. The molecule has 10 nitrogen and oxygen atoms in total. The van der Waals surface area contributed by atoms with E-state index >= 15 is 0 Å². The quantitative estimate of drug-likeness (QED) is 0.240. The number of nitrogens with zero attached hydrogens (tertiary/aromatic N) is 2. The highest BCUT2D eigenvalue weighted by Crippen LogP contribution is 2.58. The summed E-state index contributed by atoms with van der Waals surface area (Å²) in [5.41, 5.74) is -0.0834. The van der Waals surface area contributed by atoms with E-state index < -0.39 is 59.3 Å². The van der Waals surface area contributed by atoms with Crippen LogP contribution in [0.25, 0.3) is 0 Å². The number of likely N-dealkylation sites (tertiary alicyclic amines) is 1. The highest BCUT2D eigenvalue weighted by Gasteiger charge is 2.74. The number of halogens is 1. The number of ether oxygens (including phenoxy) is 2. The van der Waals surface area contributed by atoms with E-state index in [4.69, 9.17) is 21.1 Å². The van der Waals surface area contributed by atoms with E-state index in [9.17, 15) is 24.3 Å². The molecule has 0 radical (unpaired) electrons. The predicted molar refractivity (Wildman–Crippen MR) is 168 cm³/mol. The topological polar surface area (TPSA) is 125 Å². The number of hydrogen-bond donors (Lipinski definition) is 2. The van der Waals surface area contributed by atoms with Gasteiger partial charge in [-0.25, -0.2) is 0 Å². The van der Waals surface area contributed by atoms with Crippen LogP contribution in [0.1, 0.15) is 37.3 Å². The van der Waals surface area contributed by atoms with Gasteiger partial charge in [-0.3, -0.25) is 19.2 Å². The molecule has 2 aromatic carbocycles. The fourth-order valence-corrected chi connectivity index (χ4v) is 7.22. The van der Waals surface area contributed by atoms with Crippen molar-refractivity contribution in [1.82, 2.24) is 10.2 Å². The van der Waals surface area contributed by atoms with Crippen LogP contribution in [-0.4, -0.2) is 77.7 Å². The summed E-state index contributed by atoms with van der Waals surface area (Å²) in [6.45, 7) is 6.97. The van der Waals surface area contributed by atoms with Crippen LogP contribution in [0.2, 0.25) is 5.02 Å². The van der Waals surface area contributed by atoms with Gasteiger partial charge < -0.3 is 29.7 Å². The van der Waals surface area contributed by atoms with E-state index in [1.54, 1.807) is 36.4 Å². The lowest BCUT2D eigenvalue weighted by atomic mass is 9.70. The standard InChI is InChI=1S/C34H38ClN3O7/c1-3-5-15-27(40)44-21-24(22-11-7-6-8-12-22)36-31(41)28-26-16-17-34(45-26)29(28)32(42)38(19-20-39)30(34)33(43)37(18-4-2)25-14-10-9-13-23(25)35/h3-4,6-14,24,26,28-30,39H,1-2,5,15-21H2,(H,36,41)/t24-,26+,28-,29-,30+,34-/m1/s1. The van der Waals surface area contributed by atoms with Crippen molar-refractivity contribution in [2.45, 2.75) is 49.5 Å². The zero-order valence-corrected chi connectivity index (χ0v) is 25.7. The summed E-state index contributed by atoms with van der Waals surface area (Å²) >= 11 is 6.49. The molecule has 2 aromatic rings. The lowest BCUT2D eigenvalue weighted by Gasteiger charge is -2.36. The number of carbonyl (C=O) groups excluding carboxylic acids is 4. The van der Waals surface area contributed by atoms with E-state index in [1.807, 2.05) is 30.3 Å². The van der Waals surface area contributed by atoms with Gasteiger partial charge in [-0.05, 0) is 37.0 Å². The van der Waals surface area contributed by atoms with Crippen molar-refractivity contribution in [3.8, 4) is 0 Å². The number of nitrogens with one attached hydrogen (secondary N) is 1. The molecule has 3 aliphatic heterocycles. The number of anilines is 1. The van der Waals surface area contributed by atoms with Crippen molar-refractivity contribution in [3.63, 3.8) is 0 Å². The molecule has 6 atom stereocenters. The van der Waals surface area contributed by atoms with E-state index in [-0.39, 0.29) is 32.7 Å². The Balaban J connectivity index is 1.44. The Hall–Kier alpha value is -3.99. The first-order valence-electron chi connectivity index (χ1n) is 15.1. The fraction of sp³-hybridized carbons (Fsp3) is 0.412. The second-order valence-corrected chi connectivity index (χ2v) is 11.9. The summed E-state index contributed by atoms with van der Waals surface area (Å²) in [6.07, 6.45) is 4.11. The Morgan fingerprint density at radius 3 is 2.58 bits per heavy atom. The Bertz CT molecular complexity index is 1450. The van der Waals surface area contributed by atoms with Gasteiger partial charge in [0, 0.05) is 19.5 Å². The molecule has 0 aliphatic carbocycles. The van der Waals surface area contributed by atoms with Crippen LogP contribution in [0, 0.1) is 11.8 Å². The summed E-state index contributed by atoms with van der Waals surface area (Å²) in [6, 6.07) is 14.3. The molecule has 45 heavy (non-hydrogen) atoms. The van der Waals surface area contributed by atoms with Gasteiger partial charge in [-0.15, -0.1) is 13.2 Å². The number of hydrogen-bond acceptors (Lipinski definition) is 7. The number of aliphatic hydroxyl groups is 1. The molecular weight excluding hydrogens is 598 g/mol. The summed E-state index contributed by atoms with van der Waals surface area (Å²) < 4.78 is 12.0. The van der Waals surface area contributed by atoms with Crippen molar-refractivity contribution in [1.29, 1.82) is 0 Å². The van der Waals surface area contributed by atoms with Crippen molar-refractivity contribution < 1.29 is 33.8 Å². The SMILES string of the molecule is C=CCCC(=O)OC[C@@H](NC(=O)[C@@H]1[C@@H]2CC[C@]3(O2)[C@H](C(=O)N(CC=C)c2ccccc2Cl)N(CCO)C(=O)[C@@H]13)c1ccccc1. The van der Waals surface area contributed by atoms with Crippen LogP contribution in [0.3, 0.4) is 0 Å². The summed E-state index contributed by atoms with van der Waals surface area (Å²) in [5, 5.41) is 13.3. The largest absolute Gasteiger partial charge is 0.463 e. The number of esters is 1. The Morgan fingerprint density at radius 1 is 1.16 bits per heavy atom. The molecule has 3 saturated heterocycles. The first-order valence-corrected chi connectivity index (χ1v) is 15.5. The van der Waals surface area contributed by atoms with Crippen molar-refractivity contribution in [3.05, 3.63) is 90.5 Å². The third kappa shape index (κ3) is 6.14. The average Bonchev–Trinajstić information content (AvgIpc) is 3.69. The zero-order chi connectivity index (χ0) is 32.1. The van der Waals surface area contributed by atoms with E-state index in [0.29, 0.717) is 30.0 Å². The van der Waals surface area contributed by atoms with Crippen molar-refractivity contribution in [2.24, 2.45) is 11.8 Å². The van der Waals surface area contributed by atoms with Gasteiger partial charge in [-0.1, -0.05) is 66.2 Å². The smallest absolute Gasteiger partial charge is 0.306 e. The lowest BCUT2D eigenvalue weighted by molar-refractivity contribution is -0.146. The van der Waals surface area contributed by atoms with Gasteiger partial charge in [0.25, 0.3) is 5.91 Å². The first-order chi connectivity index (χ1) is 21.8. The van der Waals surface area contributed by atoms with Crippen LogP contribution in [0.15, 0.2) is 79.9 Å². The molecule has 1 spiro atoms. The monoisotopic (exact) mass is 635 g/mol. The second kappa shape index (κ2) is 14.0. The van der Waals surface area contributed by atoms with Gasteiger partial charge in [-0.2, -0.15) is 0 Å². The molecule has 0 saturated carbocycles. The summed E-state index contributed by atoms with van der Waals surface area (Å²) in [7, 11) is 0. The maximum Gasteiger partial charge on any atom is 0.306 e. The third-order valence-corrected chi connectivity index (χ3v) is 9.20. The minimum atomic E-state index is -1.27. The van der Waals surface area contributed by atoms with Crippen LogP contribution in [0.4, 0.5) is 5.69 Å². The van der Waals surface area contributed by atoms with E-state index in [2.05, 4.69) is 18.5 Å². The average molecular weight is 636 g/mol. The normalized spacial score (nSPS) is 25.4. The summed E-state index contributed by atoms with van der Waals surface area (Å²) in [5.74, 6) is -3.53. The number of aliphatic hydroxyl groups excluding tert-OH is 1. The highest BCUT2D eigenvalue weighted by molar-refractivity contribution is 6.34. The van der Waals surface area contributed by atoms with Crippen LogP contribution >= 0.6 is 11.6 Å². The van der Waals surface area contributed by atoms with Gasteiger partial charge in [0.15, 0.2) is 0 Å². The molecule has 0 unspecified atom stereocenters. The Labute approximate surface area is 267 Å². The maximum absolute atomic E-state index is 14.4. The number of benzene rings is 2. The molecular formula is C34H38ClN3O7. The molecule has 11 heteroatoms. The number of fused-ring (bicyclic) bond motifs is 1. The predicted octanol–water partition coefficient (Wildman–Crippen LogP) is 3.59. The number of para-hydroxylation sites is 1. The molecule has 3 heterocycles. The van der Waals surface area contributed by atoms with Crippen LogP contribution in [0.5, 0.6) is 0 Å². The number of β-amino-alcohol motifs (C(OH)–C–C–N with tert-alkyl or cyclic N) is 1. The first kappa shape index (κ1) is 32.4. The van der Waals surface area contributed by atoms with Gasteiger partial charge in [0.1, 0.15) is 18.2 Å². The number of carbonyl (C=O) groups is 4. The van der Waals surface area contributed by atoms with Crippen LogP contribution < -0.4 is 10.2 Å². The van der Waals surface area contributed by atoms with Crippen molar-refractivity contribution in [2.75, 3.05) is 31.2 Å². The third-order valence-electron chi connectivity index (χ3n) is 8.88. The van der Waals surface area contributed by atoms with Gasteiger partial charge in [0.2, 0.25) is 11.8 Å². The van der Waals surface area contributed by atoms with E-state index in [0.717, 1.165) is 5.56 Å². The van der Waals surface area contributed by atoms with Crippen LogP contribution in [-0.2, 0) is 28.7 Å². The molecule has 5 rings (SSSR count). The minimum absolute atomic E-state index is 0.0974. The molecule has 0 aromatic heterocycles. The van der Waals surface area contributed by atoms with Gasteiger partial charge >= 0.3 is 5.97 Å². The van der Waals surface area contributed by atoms with Gasteiger partial charge in [0.05, 0.1) is 41.3 Å².